The van der Waals surface area contributed by atoms with E-state index < -0.39 is 0 Å². The second-order valence-electron chi connectivity index (χ2n) is 5.49. The molecule has 0 unspecified atom stereocenters. The Labute approximate surface area is 139 Å². The topological polar surface area (TPSA) is 119 Å². The van der Waals surface area contributed by atoms with Crippen LogP contribution in [0.15, 0.2) is 22.2 Å². The standard InChI is InChI=1S/C17H21N3O4/c1-10-15(13(9-22)6-20-17(10)24)7-18-4-3-14-12(8-21)5-19-11(2)16(14)23/h4-6,21-23H,3,7-9H2,1-2H3,(H,20,24). The van der Waals surface area contributed by atoms with Crippen molar-refractivity contribution in [3.05, 3.63) is 56.3 Å². The Morgan fingerprint density at radius 3 is 2.58 bits per heavy atom. The maximum Gasteiger partial charge on any atom is 0.251 e. The van der Waals surface area contributed by atoms with E-state index in [9.17, 15) is 20.1 Å². The highest BCUT2D eigenvalue weighted by molar-refractivity contribution is 5.64. The van der Waals surface area contributed by atoms with Gasteiger partial charge in [-0.05, 0) is 25.0 Å². The minimum absolute atomic E-state index is 0.0522. The molecule has 0 fully saturated rings. The number of hydrogen-bond acceptors (Lipinski definition) is 6. The number of aliphatic imine (C=N–C) groups is 1. The van der Waals surface area contributed by atoms with Gasteiger partial charge in [-0.15, -0.1) is 0 Å². The fraction of sp³-hybridized carbons (Fsp3) is 0.353. The first-order valence-electron chi connectivity index (χ1n) is 7.55. The van der Waals surface area contributed by atoms with E-state index >= 15 is 0 Å². The third-order valence-corrected chi connectivity index (χ3v) is 4.00. The zero-order valence-corrected chi connectivity index (χ0v) is 13.7. The van der Waals surface area contributed by atoms with Crippen LogP contribution in [0.1, 0.15) is 33.5 Å². The quantitative estimate of drug-likeness (QED) is 0.586. The minimum Gasteiger partial charge on any atom is -0.506 e. The molecular weight excluding hydrogens is 310 g/mol. The van der Waals surface area contributed by atoms with Gasteiger partial charge in [-0.2, -0.15) is 0 Å². The summed E-state index contributed by atoms with van der Waals surface area (Å²) in [5.41, 5.74) is 3.26. The second-order valence-corrected chi connectivity index (χ2v) is 5.49. The molecule has 24 heavy (non-hydrogen) atoms. The highest BCUT2D eigenvalue weighted by Crippen LogP contribution is 2.23. The van der Waals surface area contributed by atoms with Gasteiger partial charge in [0.2, 0.25) is 0 Å². The van der Waals surface area contributed by atoms with Crippen LogP contribution in [0.2, 0.25) is 0 Å². The summed E-state index contributed by atoms with van der Waals surface area (Å²) in [7, 11) is 0. The van der Waals surface area contributed by atoms with E-state index in [0.717, 1.165) is 0 Å². The molecule has 0 spiro atoms. The molecule has 0 aliphatic rings. The molecule has 4 N–H and O–H groups in total. The summed E-state index contributed by atoms with van der Waals surface area (Å²) in [5.74, 6) is 0.0522. The monoisotopic (exact) mass is 331 g/mol. The van der Waals surface area contributed by atoms with Gasteiger partial charge in [-0.1, -0.05) is 0 Å². The summed E-state index contributed by atoms with van der Waals surface area (Å²) in [6.45, 7) is 3.23. The lowest BCUT2D eigenvalue weighted by atomic mass is 10.0. The molecular formula is C17H21N3O4. The number of aromatic hydroxyl groups is 1. The fourth-order valence-corrected chi connectivity index (χ4v) is 2.45. The summed E-state index contributed by atoms with van der Waals surface area (Å²) in [6.07, 6.45) is 4.97. The van der Waals surface area contributed by atoms with Crippen LogP contribution < -0.4 is 5.56 Å². The number of nitrogens with zero attached hydrogens (tertiary/aromatic N) is 2. The van der Waals surface area contributed by atoms with E-state index in [1.807, 2.05) is 0 Å². The van der Waals surface area contributed by atoms with Crippen LogP contribution in [-0.4, -0.2) is 31.5 Å². The van der Waals surface area contributed by atoms with Crippen LogP contribution in [0.3, 0.4) is 0 Å². The Hall–Kier alpha value is -2.51. The van der Waals surface area contributed by atoms with E-state index in [2.05, 4.69) is 15.0 Å². The number of rotatable bonds is 6. The molecule has 0 aliphatic heterocycles. The van der Waals surface area contributed by atoms with Gasteiger partial charge in [0.1, 0.15) is 5.75 Å². The van der Waals surface area contributed by atoms with Gasteiger partial charge in [0.25, 0.3) is 5.56 Å². The van der Waals surface area contributed by atoms with Gasteiger partial charge in [-0.25, -0.2) is 0 Å². The number of pyridine rings is 2. The highest BCUT2D eigenvalue weighted by Gasteiger charge is 2.11. The van der Waals surface area contributed by atoms with Crippen molar-refractivity contribution in [3.8, 4) is 5.75 Å². The second kappa shape index (κ2) is 7.85. The maximum absolute atomic E-state index is 11.7. The predicted molar refractivity (Wildman–Crippen MR) is 90.2 cm³/mol. The normalized spacial score (nSPS) is 11.3. The lowest BCUT2D eigenvalue weighted by molar-refractivity contribution is 0.279. The van der Waals surface area contributed by atoms with E-state index in [1.54, 1.807) is 20.1 Å². The zero-order chi connectivity index (χ0) is 17.7. The van der Waals surface area contributed by atoms with E-state index in [-0.39, 0.29) is 31.1 Å². The van der Waals surface area contributed by atoms with Crippen molar-refractivity contribution >= 4 is 6.21 Å². The van der Waals surface area contributed by atoms with Crippen molar-refractivity contribution in [1.29, 1.82) is 0 Å². The number of aryl methyl sites for hydroxylation is 1. The van der Waals surface area contributed by atoms with Crippen molar-refractivity contribution < 1.29 is 15.3 Å². The van der Waals surface area contributed by atoms with Gasteiger partial charge in [0, 0.05) is 41.7 Å². The molecule has 2 heterocycles. The first kappa shape index (κ1) is 17.8. The number of aliphatic hydroxyl groups excluding tert-OH is 2. The molecule has 2 aromatic rings. The Bertz CT molecular complexity index is 812. The number of H-pyrrole nitrogens is 1. The van der Waals surface area contributed by atoms with Gasteiger partial charge in [-0.3, -0.25) is 14.8 Å². The Kier molecular flexibility index (Phi) is 5.83. The third-order valence-electron chi connectivity index (χ3n) is 4.00. The van der Waals surface area contributed by atoms with Crippen LogP contribution >= 0.6 is 0 Å². The largest absolute Gasteiger partial charge is 0.506 e. The molecule has 2 aromatic heterocycles. The van der Waals surface area contributed by atoms with Crippen LogP contribution in [0, 0.1) is 13.8 Å². The number of aromatic amines is 1. The van der Waals surface area contributed by atoms with Crippen molar-refractivity contribution in [2.24, 2.45) is 4.99 Å². The summed E-state index contributed by atoms with van der Waals surface area (Å²) < 4.78 is 0. The van der Waals surface area contributed by atoms with Crippen molar-refractivity contribution in [2.45, 2.75) is 40.0 Å². The number of aliphatic hydroxyl groups is 2. The van der Waals surface area contributed by atoms with Crippen LogP contribution in [0.5, 0.6) is 5.75 Å². The molecule has 0 aliphatic carbocycles. The first-order chi connectivity index (χ1) is 11.5. The molecule has 0 bridgehead atoms. The molecule has 0 saturated heterocycles. The molecule has 0 amide bonds. The Morgan fingerprint density at radius 2 is 1.92 bits per heavy atom. The number of hydrogen-bond donors (Lipinski definition) is 4. The Balaban J connectivity index is 2.19. The SMILES string of the molecule is Cc1ncc(CO)c(CC=NCc2c(CO)c[nH]c(=O)c2C)c1O. The summed E-state index contributed by atoms with van der Waals surface area (Å²) >= 11 is 0. The van der Waals surface area contributed by atoms with Crippen LogP contribution in [0.4, 0.5) is 0 Å². The smallest absolute Gasteiger partial charge is 0.251 e. The van der Waals surface area contributed by atoms with Crippen molar-refractivity contribution in [2.75, 3.05) is 0 Å². The van der Waals surface area contributed by atoms with Gasteiger partial charge in [0.05, 0.1) is 25.5 Å². The molecule has 128 valence electrons. The average molecular weight is 331 g/mol. The molecule has 0 radical (unpaired) electrons. The highest BCUT2D eigenvalue weighted by atomic mass is 16.3. The molecule has 0 aromatic carbocycles. The van der Waals surface area contributed by atoms with Gasteiger partial charge in [0.15, 0.2) is 0 Å². The summed E-state index contributed by atoms with van der Waals surface area (Å²) in [5, 5.41) is 28.8. The average Bonchev–Trinajstić information content (AvgIpc) is 2.58. The van der Waals surface area contributed by atoms with Crippen LogP contribution in [0.25, 0.3) is 0 Å². The summed E-state index contributed by atoms with van der Waals surface area (Å²) in [6, 6.07) is 0. The van der Waals surface area contributed by atoms with Crippen LogP contribution in [-0.2, 0) is 26.2 Å². The van der Waals surface area contributed by atoms with Crippen molar-refractivity contribution in [3.63, 3.8) is 0 Å². The lowest BCUT2D eigenvalue weighted by Gasteiger charge is -2.09. The predicted octanol–water partition coefficient (Wildman–Crippen LogP) is 0.890. The van der Waals surface area contributed by atoms with Crippen molar-refractivity contribution in [1.82, 2.24) is 9.97 Å². The number of aromatic nitrogens is 2. The van der Waals surface area contributed by atoms with Gasteiger partial charge >= 0.3 is 0 Å². The fourth-order valence-electron chi connectivity index (χ4n) is 2.45. The zero-order valence-electron chi connectivity index (χ0n) is 13.7. The first-order valence-corrected chi connectivity index (χ1v) is 7.55. The van der Waals surface area contributed by atoms with E-state index in [1.165, 1.54) is 12.4 Å². The Morgan fingerprint density at radius 1 is 1.21 bits per heavy atom. The lowest BCUT2D eigenvalue weighted by Crippen LogP contribution is -2.14. The maximum atomic E-state index is 11.7. The third kappa shape index (κ3) is 3.69. The molecule has 2 rings (SSSR count). The van der Waals surface area contributed by atoms with Gasteiger partial charge < -0.3 is 20.3 Å². The van der Waals surface area contributed by atoms with E-state index in [4.69, 9.17) is 0 Å². The molecule has 0 saturated carbocycles. The molecule has 0 atom stereocenters. The summed E-state index contributed by atoms with van der Waals surface area (Å²) in [4.78, 5) is 22.5. The van der Waals surface area contributed by atoms with E-state index in [0.29, 0.717) is 39.9 Å². The minimum atomic E-state index is -0.216. The molecule has 7 heteroatoms. The molecule has 7 nitrogen and oxygen atoms in total. The number of nitrogens with one attached hydrogen (secondary N) is 1.